The van der Waals surface area contributed by atoms with E-state index in [2.05, 4.69) is 15.0 Å². The van der Waals surface area contributed by atoms with Gasteiger partial charge in [0.15, 0.2) is 0 Å². The molecule has 0 aliphatic carbocycles. The first-order valence-electron chi connectivity index (χ1n) is 7.71. The zero-order valence-corrected chi connectivity index (χ0v) is 15.7. The van der Waals surface area contributed by atoms with Gasteiger partial charge in [-0.2, -0.15) is 16.5 Å². The molecule has 0 aliphatic rings. The lowest BCUT2D eigenvalue weighted by molar-refractivity contribution is -0.117. The number of nitrogens with zero attached hydrogens (tertiary/aromatic N) is 1. The summed E-state index contributed by atoms with van der Waals surface area (Å²) in [6, 6.07) is 8.96. The predicted octanol–water partition coefficient (Wildman–Crippen LogP) is 2.43. The monoisotopic (exact) mass is 379 g/mol. The minimum Gasteiger partial charge on any atom is -0.325 e. The van der Waals surface area contributed by atoms with E-state index in [1.807, 2.05) is 13.2 Å². The lowest BCUT2D eigenvalue weighted by atomic mass is 10.2. The average molecular weight is 380 g/mol. The molecule has 0 saturated heterocycles. The summed E-state index contributed by atoms with van der Waals surface area (Å²) in [6.45, 7) is 1.88. The fourth-order valence-corrected chi connectivity index (χ4v) is 3.82. The topological polar surface area (TPSA) is 88.2 Å². The molecule has 1 aromatic carbocycles. The molecular formula is C17H21N3O3S2. The van der Waals surface area contributed by atoms with E-state index in [-0.39, 0.29) is 4.90 Å². The van der Waals surface area contributed by atoms with E-state index < -0.39 is 22.0 Å². The molecule has 2 N–H and O–H groups in total. The summed E-state index contributed by atoms with van der Waals surface area (Å²) in [7, 11) is -3.78. The number of benzene rings is 1. The first-order chi connectivity index (χ1) is 11.9. The Morgan fingerprint density at radius 2 is 1.80 bits per heavy atom. The van der Waals surface area contributed by atoms with Crippen LogP contribution >= 0.6 is 11.8 Å². The van der Waals surface area contributed by atoms with Gasteiger partial charge in [0.05, 0.1) is 4.90 Å². The third-order valence-corrected chi connectivity index (χ3v) is 5.64. The molecule has 0 radical (unpaired) electrons. The fourth-order valence-electron chi connectivity index (χ4n) is 2.12. The van der Waals surface area contributed by atoms with Crippen molar-refractivity contribution in [2.75, 3.05) is 17.3 Å². The first kappa shape index (κ1) is 19.4. The molecule has 0 saturated carbocycles. The quantitative estimate of drug-likeness (QED) is 0.735. The number of hydrogen-bond acceptors (Lipinski definition) is 5. The standard InChI is InChI=1S/C17H21N3O3S2/c1-13-3-5-15(6-4-13)25(22,23)20-16(9-12-24-2)17(21)19-14-7-10-18-11-8-14/h3-8,10-11,16,20H,9,12H2,1-2H3,(H,18,19,21). The molecule has 2 aromatic rings. The van der Waals surface area contributed by atoms with Crippen molar-refractivity contribution in [1.82, 2.24) is 9.71 Å². The molecule has 25 heavy (non-hydrogen) atoms. The van der Waals surface area contributed by atoms with Crippen molar-refractivity contribution in [1.29, 1.82) is 0 Å². The fraction of sp³-hybridized carbons (Fsp3) is 0.294. The Morgan fingerprint density at radius 3 is 2.40 bits per heavy atom. The molecule has 1 unspecified atom stereocenters. The van der Waals surface area contributed by atoms with Gasteiger partial charge in [0.25, 0.3) is 0 Å². The highest BCUT2D eigenvalue weighted by Gasteiger charge is 2.25. The second kappa shape index (κ2) is 8.98. The van der Waals surface area contributed by atoms with Crippen LogP contribution in [0.15, 0.2) is 53.7 Å². The number of sulfonamides is 1. The van der Waals surface area contributed by atoms with Gasteiger partial charge in [-0.05, 0) is 49.6 Å². The van der Waals surface area contributed by atoms with Crippen molar-refractivity contribution in [2.45, 2.75) is 24.3 Å². The highest BCUT2D eigenvalue weighted by atomic mass is 32.2. The molecule has 2 rings (SSSR count). The van der Waals surface area contributed by atoms with Gasteiger partial charge in [0.1, 0.15) is 6.04 Å². The van der Waals surface area contributed by atoms with Crippen molar-refractivity contribution in [2.24, 2.45) is 0 Å². The summed E-state index contributed by atoms with van der Waals surface area (Å²) in [4.78, 5) is 16.5. The first-order valence-corrected chi connectivity index (χ1v) is 10.6. The summed E-state index contributed by atoms with van der Waals surface area (Å²) in [6.07, 6.45) is 5.42. The van der Waals surface area contributed by atoms with Gasteiger partial charge in [-0.1, -0.05) is 17.7 Å². The highest BCUT2D eigenvalue weighted by molar-refractivity contribution is 7.98. The number of carbonyl (C=O) groups excluding carboxylic acids is 1. The summed E-state index contributed by atoms with van der Waals surface area (Å²) in [5.74, 6) is 0.265. The van der Waals surface area contributed by atoms with E-state index >= 15 is 0 Å². The molecule has 8 heteroatoms. The van der Waals surface area contributed by atoms with Crippen molar-refractivity contribution in [3.8, 4) is 0 Å². The molecule has 1 aromatic heterocycles. The zero-order chi connectivity index (χ0) is 18.3. The van der Waals surface area contributed by atoms with Gasteiger partial charge in [-0.15, -0.1) is 0 Å². The SMILES string of the molecule is CSCCC(NS(=O)(=O)c1ccc(C)cc1)C(=O)Nc1ccncc1. The van der Waals surface area contributed by atoms with Crippen LogP contribution in [-0.2, 0) is 14.8 Å². The average Bonchev–Trinajstić information content (AvgIpc) is 2.59. The van der Waals surface area contributed by atoms with Crippen LogP contribution in [0.1, 0.15) is 12.0 Å². The minimum absolute atomic E-state index is 0.143. The van der Waals surface area contributed by atoms with Gasteiger partial charge in [0, 0.05) is 18.1 Å². The molecule has 0 aliphatic heterocycles. The second-order valence-electron chi connectivity index (χ2n) is 5.49. The van der Waals surface area contributed by atoms with Crippen molar-refractivity contribution < 1.29 is 13.2 Å². The molecule has 1 atom stereocenters. The summed E-state index contributed by atoms with van der Waals surface area (Å²) in [5.41, 5.74) is 1.54. The van der Waals surface area contributed by atoms with Crippen LogP contribution in [0.25, 0.3) is 0 Å². The third-order valence-electron chi connectivity index (χ3n) is 3.50. The number of rotatable bonds is 8. The maximum absolute atomic E-state index is 12.6. The van der Waals surface area contributed by atoms with Crippen molar-refractivity contribution in [3.63, 3.8) is 0 Å². The molecule has 6 nitrogen and oxygen atoms in total. The third kappa shape index (κ3) is 5.84. The Balaban J connectivity index is 2.15. The number of aryl methyl sites for hydroxylation is 1. The van der Waals surface area contributed by atoms with E-state index in [1.54, 1.807) is 48.4 Å². The second-order valence-corrected chi connectivity index (χ2v) is 8.19. The Kier molecular flexibility index (Phi) is 6.98. The zero-order valence-electron chi connectivity index (χ0n) is 14.1. The number of pyridine rings is 1. The molecule has 1 heterocycles. The molecule has 1 amide bonds. The van der Waals surface area contributed by atoms with E-state index in [0.717, 1.165) is 5.56 Å². The van der Waals surface area contributed by atoms with Gasteiger partial charge in [-0.3, -0.25) is 9.78 Å². The lowest BCUT2D eigenvalue weighted by Crippen LogP contribution is -2.44. The summed E-state index contributed by atoms with van der Waals surface area (Å²) < 4.78 is 27.6. The number of carbonyl (C=O) groups is 1. The van der Waals surface area contributed by atoms with Crippen LogP contribution < -0.4 is 10.0 Å². The van der Waals surface area contributed by atoms with Gasteiger partial charge < -0.3 is 5.32 Å². The van der Waals surface area contributed by atoms with Crippen LogP contribution in [0, 0.1) is 6.92 Å². The van der Waals surface area contributed by atoms with Gasteiger partial charge in [-0.25, -0.2) is 8.42 Å². The number of anilines is 1. The van der Waals surface area contributed by atoms with E-state index in [1.165, 1.54) is 12.1 Å². The largest absolute Gasteiger partial charge is 0.325 e. The van der Waals surface area contributed by atoms with Crippen molar-refractivity contribution >= 4 is 33.4 Å². The normalized spacial score (nSPS) is 12.6. The molecule has 0 fully saturated rings. The van der Waals surface area contributed by atoms with Crippen molar-refractivity contribution in [3.05, 3.63) is 54.4 Å². The Bertz CT molecular complexity index is 794. The highest BCUT2D eigenvalue weighted by Crippen LogP contribution is 2.13. The number of aromatic nitrogens is 1. The maximum Gasteiger partial charge on any atom is 0.242 e. The Hall–Kier alpha value is -1.90. The summed E-state index contributed by atoms with van der Waals surface area (Å²) >= 11 is 1.55. The van der Waals surface area contributed by atoms with E-state index in [0.29, 0.717) is 17.9 Å². The molecular weight excluding hydrogens is 358 g/mol. The predicted molar refractivity (Wildman–Crippen MR) is 101 cm³/mol. The molecule has 134 valence electrons. The molecule has 0 spiro atoms. The number of hydrogen-bond donors (Lipinski definition) is 2. The lowest BCUT2D eigenvalue weighted by Gasteiger charge is -2.18. The Morgan fingerprint density at radius 1 is 1.16 bits per heavy atom. The van der Waals surface area contributed by atoms with Crippen LogP contribution in [0.4, 0.5) is 5.69 Å². The van der Waals surface area contributed by atoms with Crippen LogP contribution in [-0.4, -0.2) is 37.4 Å². The number of thioether (sulfide) groups is 1. The maximum atomic E-state index is 12.6. The number of amides is 1. The van der Waals surface area contributed by atoms with Gasteiger partial charge >= 0.3 is 0 Å². The minimum atomic E-state index is -3.78. The van der Waals surface area contributed by atoms with Crippen LogP contribution in [0.5, 0.6) is 0 Å². The smallest absolute Gasteiger partial charge is 0.242 e. The van der Waals surface area contributed by atoms with E-state index in [9.17, 15) is 13.2 Å². The van der Waals surface area contributed by atoms with Crippen LogP contribution in [0.2, 0.25) is 0 Å². The van der Waals surface area contributed by atoms with Gasteiger partial charge in [0.2, 0.25) is 15.9 Å². The number of nitrogens with one attached hydrogen (secondary N) is 2. The van der Waals surface area contributed by atoms with E-state index in [4.69, 9.17) is 0 Å². The summed E-state index contributed by atoms with van der Waals surface area (Å²) in [5, 5.41) is 2.72. The van der Waals surface area contributed by atoms with Crippen LogP contribution in [0.3, 0.4) is 0 Å². The molecule has 0 bridgehead atoms. The Labute approximate surface area is 152 Å².